The van der Waals surface area contributed by atoms with Gasteiger partial charge in [-0.25, -0.2) is 4.79 Å². The second-order valence-electron chi connectivity index (χ2n) is 7.22. The molecule has 0 bridgehead atoms. The second-order valence-corrected chi connectivity index (χ2v) is 7.22. The molecule has 0 aliphatic carbocycles. The topological polar surface area (TPSA) is 26.3 Å². The summed E-state index contributed by atoms with van der Waals surface area (Å²) in [5.41, 5.74) is 0.492. The normalized spacial score (nSPS) is 10.1. The van der Waals surface area contributed by atoms with Crippen LogP contribution in [0.2, 0.25) is 0 Å². The Hall–Kier alpha value is -1.05. The number of rotatable bonds is 18. The lowest BCUT2D eigenvalue weighted by Gasteiger charge is -2.05. The minimum atomic E-state index is -0.254. The van der Waals surface area contributed by atoms with Crippen LogP contribution in [0.1, 0.15) is 117 Å². The summed E-state index contributed by atoms with van der Waals surface area (Å²) in [6, 6.07) is 0. The first kappa shape index (κ1) is 27.2. The Labute approximate surface area is 164 Å². The summed E-state index contributed by atoms with van der Waals surface area (Å²) >= 11 is 0. The first-order valence-electron chi connectivity index (χ1n) is 11.0. The molecule has 0 spiro atoms. The van der Waals surface area contributed by atoms with Crippen molar-refractivity contribution in [3.05, 3.63) is 25.3 Å². The maximum Gasteiger partial charge on any atom is 0.333 e. The van der Waals surface area contributed by atoms with Crippen molar-refractivity contribution in [3.8, 4) is 0 Å². The molecule has 0 rings (SSSR count). The molecule has 0 aromatic rings. The fourth-order valence-corrected chi connectivity index (χ4v) is 2.94. The number of carbonyl (C=O) groups is 1. The molecule has 0 atom stereocenters. The molecule has 26 heavy (non-hydrogen) atoms. The average Bonchev–Trinajstić information content (AvgIpc) is 2.65. The minimum absolute atomic E-state index is 0.254. The number of carbonyl (C=O) groups excluding carboxylic acids is 1. The standard InChI is InChI=1S/C22H42O2.C2H4/c1-4-5-6-7-8-9-10-11-12-13-14-15-16-17-18-19-20-24-22(23)21(2)3;1-2/h2,4-20H2,1,3H3;1-2H2. The fourth-order valence-electron chi connectivity index (χ4n) is 2.94. The first-order valence-corrected chi connectivity index (χ1v) is 11.0. The lowest BCUT2D eigenvalue weighted by molar-refractivity contribution is -0.139. The summed E-state index contributed by atoms with van der Waals surface area (Å²) < 4.78 is 5.08. The molecule has 0 aromatic heterocycles. The van der Waals surface area contributed by atoms with Crippen LogP contribution in [-0.2, 0) is 9.53 Å². The molecule has 0 aliphatic heterocycles. The summed E-state index contributed by atoms with van der Waals surface area (Å²) in [6.07, 6.45) is 21.7. The SMILES string of the molecule is C=C.C=C(C)C(=O)OCCCCCCCCCCCCCCCCCC. The Bertz CT molecular complexity index is 309. The van der Waals surface area contributed by atoms with Gasteiger partial charge in [-0.2, -0.15) is 0 Å². The van der Waals surface area contributed by atoms with Gasteiger partial charge in [-0.15, -0.1) is 13.2 Å². The van der Waals surface area contributed by atoms with Crippen LogP contribution < -0.4 is 0 Å². The molecule has 0 heterocycles. The molecule has 0 radical (unpaired) electrons. The summed E-state index contributed by atoms with van der Waals surface area (Å²) in [6.45, 7) is 14.1. The van der Waals surface area contributed by atoms with Crippen molar-refractivity contribution in [2.75, 3.05) is 6.61 Å². The van der Waals surface area contributed by atoms with E-state index >= 15 is 0 Å². The third-order valence-corrected chi connectivity index (χ3v) is 4.58. The highest BCUT2D eigenvalue weighted by molar-refractivity contribution is 5.86. The van der Waals surface area contributed by atoms with E-state index in [4.69, 9.17) is 4.74 Å². The smallest absolute Gasteiger partial charge is 0.333 e. The van der Waals surface area contributed by atoms with Gasteiger partial charge in [-0.05, 0) is 13.3 Å². The van der Waals surface area contributed by atoms with E-state index in [1.807, 2.05) is 0 Å². The number of ether oxygens (including phenoxy) is 1. The minimum Gasteiger partial charge on any atom is -0.462 e. The van der Waals surface area contributed by atoms with E-state index < -0.39 is 0 Å². The van der Waals surface area contributed by atoms with Gasteiger partial charge in [0.15, 0.2) is 0 Å². The third kappa shape index (κ3) is 22.9. The Balaban J connectivity index is 0. The van der Waals surface area contributed by atoms with Crippen molar-refractivity contribution in [1.29, 1.82) is 0 Å². The first-order chi connectivity index (χ1) is 12.7. The van der Waals surface area contributed by atoms with Crippen molar-refractivity contribution in [2.24, 2.45) is 0 Å². The molecule has 0 fully saturated rings. The van der Waals surface area contributed by atoms with E-state index in [9.17, 15) is 4.79 Å². The summed E-state index contributed by atoms with van der Waals surface area (Å²) in [5, 5.41) is 0. The number of esters is 1. The van der Waals surface area contributed by atoms with Gasteiger partial charge in [0.05, 0.1) is 6.61 Å². The Morgan fingerprint density at radius 1 is 0.654 bits per heavy atom. The second kappa shape index (κ2) is 23.9. The van der Waals surface area contributed by atoms with Crippen LogP contribution in [-0.4, -0.2) is 12.6 Å². The zero-order chi connectivity index (χ0) is 19.9. The van der Waals surface area contributed by atoms with Crippen molar-refractivity contribution in [1.82, 2.24) is 0 Å². The van der Waals surface area contributed by atoms with E-state index in [1.54, 1.807) is 6.92 Å². The van der Waals surface area contributed by atoms with E-state index in [1.165, 1.54) is 96.3 Å². The van der Waals surface area contributed by atoms with Gasteiger partial charge in [0.2, 0.25) is 0 Å². The van der Waals surface area contributed by atoms with E-state index in [2.05, 4.69) is 26.7 Å². The van der Waals surface area contributed by atoms with Gasteiger partial charge in [-0.1, -0.05) is 110 Å². The van der Waals surface area contributed by atoms with E-state index in [-0.39, 0.29) is 5.97 Å². The molecule has 0 amide bonds. The molecular weight excluding hydrogens is 320 g/mol. The van der Waals surface area contributed by atoms with Gasteiger partial charge in [0.25, 0.3) is 0 Å². The number of hydrogen-bond acceptors (Lipinski definition) is 2. The van der Waals surface area contributed by atoms with E-state index in [0.717, 1.165) is 6.42 Å². The quantitative estimate of drug-likeness (QED) is 0.106. The van der Waals surface area contributed by atoms with Crippen molar-refractivity contribution in [3.63, 3.8) is 0 Å². The zero-order valence-corrected chi connectivity index (χ0v) is 18.0. The van der Waals surface area contributed by atoms with Gasteiger partial charge in [0, 0.05) is 5.57 Å². The van der Waals surface area contributed by atoms with Crippen LogP contribution in [0.4, 0.5) is 0 Å². The van der Waals surface area contributed by atoms with Crippen LogP contribution >= 0.6 is 0 Å². The van der Waals surface area contributed by atoms with Crippen LogP contribution in [0.25, 0.3) is 0 Å². The summed E-state index contributed by atoms with van der Waals surface area (Å²) in [4.78, 5) is 11.2. The molecule has 2 heteroatoms. The van der Waals surface area contributed by atoms with Gasteiger partial charge < -0.3 is 4.74 Å². The number of hydrogen-bond donors (Lipinski definition) is 0. The maximum absolute atomic E-state index is 11.2. The molecule has 2 nitrogen and oxygen atoms in total. The number of unbranched alkanes of at least 4 members (excludes halogenated alkanes) is 15. The predicted octanol–water partition coefficient (Wildman–Crippen LogP) is 8.17. The zero-order valence-electron chi connectivity index (χ0n) is 18.0. The summed E-state index contributed by atoms with van der Waals surface area (Å²) in [5.74, 6) is -0.254. The van der Waals surface area contributed by atoms with Gasteiger partial charge >= 0.3 is 5.97 Å². The highest BCUT2D eigenvalue weighted by atomic mass is 16.5. The van der Waals surface area contributed by atoms with Crippen molar-refractivity contribution in [2.45, 2.75) is 117 Å². The molecule has 0 saturated carbocycles. The monoisotopic (exact) mass is 366 g/mol. The highest BCUT2D eigenvalue weighted by Crippen LogP contribution is 2.13. The molecule has 0 aliphatic rings. The van der Waals surface area contributed by atoms with Crippen molar-refractivity contribution < 1.29 is 9.53 Å². The predicted molar refractivity (Wildman–Crippen MR) is 117 cm³/mol. The van der Waals surface area contributed by atoms with Gasteiger partial charge in [0.1, 0.15) is 0 Å². The molecule has 0 unspecified atom stereocenters. The molecular formula is C24H46O2. The van der Waals surface area contributed by atoms with Crippen LogP contribution in [0.3, 0.4) is 0 Å². The van der Waals surface area contributed by atoms with Crippen molar-refractivity contribution >= 4 is 5.97 Å². The molecule has 0 aromatic carbocycles. The maximum atomic E-state index is 11.2. The van der Waals surface area contributed by atoms with Crippen LogP contribution in [0, 0.1) is 0 Å². The Morgan fingerprint density at radius 3 is 1.27 bits per heavy atom. The Morgan fingerprint density at radius 2 is 0.962 bits per heavy atom. The lowest BCUT2D eigenvalue weighted by Crippen LogP contribution is -2.05. The average molecular weight is 367 g/mol. The largest absolute Gasteiger partial charge is 0.462 e. The molecule has 0 saturated heterocycles. The van der Waals surface area contributed by atoms with Crippen LogP contribution in [0.15, 0.2) is 25.3 Å². The Kier molecular flexibility index (Phi) is 25.0. The fraction of sp³-hybridized carbons (Fsp3) is 0.792. The molecule has 154 valence electrons. The van der Waals surface area contributed by atoms with Gasteiger partial charge in [-0.3, -0.25) is 0 Å². The molecule has 0 N–H and O–H groups in total. The highest BCUT2D eigenvalue weighted by Gasteiger charge is 2.01. The lowest BCUT2D eigenvalue weighted by atomic mass is 10.0. The van der Waals surface area contributed by atoms with Crippen LogP contribution in [0.5, 0.6) is 0 Å². The summed E-state index contributed by atoms with van der Waals surface area (Å²) in [7, 11) is 0. The third-order valence-electron chi connectivity index (χ3n) is 4.58. The van der Waals surface area contributed by atoms with E-state index in [0.29, 0.717) is 12.2 Å².